The molecule has 0 unspecified atom stereocenters. The van der Waals surface area contributed by atoms with Gasteiger partial charge in [0, 0.05) is 0 Å². The molecule has 0 saturated carbocycles. The highest BCUT2D eigenvalue weighted by Gasteiger charge is 2.05. The van der Waals surface area contributed by atoms with Gasteiger partial charge in [-0.2, -0.15) is 0 Å². The Morgan fingerprint density at radius 3 is 1.32 bits per heavy atom. The minimum Gasteiger partial charge on any atom is -0.507 e. The zero-order valence-electron chi connectivity index (χ0n) is 9.71. The molecule has 7 heteroatoms. The number of rotatable bonds is 2. The summed E-state index contributed by atoms with van der Waals surface area (Å²) in [5, 5.41) is 19.1. The molecule has 5 N–H and O–H groups in total. The Kier molecular flexibility index (Phi) is 6.62. The molecule has 0 aliphatic rings. The number of aromatic hydroxyl groups is 2. The molecular formula is C12H13O5PS. The first-order chi connectivity index (χ1) is 9.00. The lowest BCUT2D eigenvalue weighted by Gasteiger charge is -2.05. The molecule has 5 nitrogen and oxygen atoms in total. The molecule has 2 aromatic rings. The zero-order valence-corrected chi connectivity index (χ0v) is 11.4. The van der Waals surface area contributed by atoms with Gasteiger partial charge >= 0.3 is 8.60 Å². The van der Waals surface area contributed by atoms with Gasteiger partial charge in [0.15, 0.2) is 0 Å². The van der Waals surface area contributed by atoms with Crippen LogP contribution in [0, 0.1) is 0 Å². The molecule has 0 atom stereocenters. The van der Waals surface area contributed by atoms with Crippen molar-refractivity contribution in [2.45, 2.75) is 9.79 Å². The van der Waals surface area contributed by atoms with Gasteiger partial charge in [0.1, 0.15) is 11.5 Å². The molecule has 19 heavy (non-hydrogen) atoms. The fourth-order valence-electron chi connectivity index (χ4n) is 1.21. The Morgan fingerprint density at radius 2 is 1.00 bits per heavy atom. The highest BCUT2D eigenvalue weighted by molar-refractivity contribution is 7.99. The molecule has 0 aliphatic heterocycles. The van der Waals surface area contributed by atoms with Crippen LogP contribution in [0.1, 0.15) is 0 Å². The van der Waals surface area contributed by atoms with Crippen LogP contribution in [0.2, 0.25) is 0 Å². The Morgan fingerprint density at radius 1 is 0.684 bits per heavy atom. The van der Waals surface area contributed by atoms with Crippen molar-refractivity contribution in [2.75, 3.05) is 0 Å². The first kappa shape index (κ1) is 15.8. The minimum absolute atomic E-state index is 0.228. The molecular weight excluding hydrogens is 287 g/mol. The smallest absolute Gasteiger partial charge is 0.324 e. The predicted octanol–water partition coefficient (Wildman–Crippen LogP) is 2.44. The van der Waals surface area contributed by atoms with E-state index < -0.39 is 8.60 Å². The lowest BCUT2D eigenvalue weighted by molar-refractivity contribution is 0.368. The number of hydrogen-bond donors (Lipinski definition) is 5. The average Bonchev–Trinajstić information content (AvgIpc) is 2.34. The van der Waals surface area contributed by atoms with Gasteiger partial charge in [-0.15, -0.1) is 0 Å². The molecule has 0 fully saturated rings. The van der Waals surface area contributed by atoms with Crippen molar-refractivity contribution in [1.82, 2.24) is 0 Å². The van der Waals surface area contributed by atoms with Crippen molar-refractivity contribution in [1.29, 1.82) is 0 Å². The van der Waals surface area contributed by atoms with Gasteiger partial charge in [0.05, 0.1) is 9.79 Å². The third-order valence-corrected chi connectivity index (χ3v) is 3.08. The van der Waals surface area contributed by atoms with E-state index in [2.05, 4.69) is 0 Å². The van der Waals surface area contributed by atoms with Gasteiger partial charge in [-0.25, -0.2) is 0 Å². The minimum atomic E-state index is -2.62. The molecule has 0 radical (unpaired) electrons. The summed E-state index contributed by atoms with van der Waals surface area (Å²) in [6, 6.07) is 14.1. The van der Waals surface area contributed by atoms with Gasteiger partial charge in [-0.05, 0) is 24.3 Å². The third-order valence-electron chi connectivity index (χ3n) is 1.95. The summed E-state index contributed by atoms with van der Waals surface area (Å²) in [6.07, 6.45) is 0. The Hall–Kier alpha value is -1.30. The van der Waals surface area contributed by atoms with Crippen LogP contribution < -0.4 is 0 Å². The highest BCUT2D eigenvalue weighted by atomic mass is 32.2. The quantitative estimate of drug-likeness (QED) is 0.546. The summed E-state index contributed by atoms with van der Waals surface area (Å²) in [6.45, 7) is 0. The van der Waals surface area contributed by atoms with E-state index in [1.807, 2.05) is 24.3 Å². The number of benzene rings is 2. The van der Waals surface area contributed by atoms with Gasteiger partial charge in [0.2, 0.25) is 0 Å². The fraction of sp³-hybridized carbons (Fsp3) is 0. The van der Waals surface area contributed by atoms with Gasteiger partial charge < -0.3 is 24.9 Å². The fourth-order valence-corrected chi connectivity index (χ4v) is 2.08. The van der Waals surface area contributed by atoms with Crippen LogP contribution in [-0.2, 0) is 0 Å². The molecule has 0 aliphatic carbocycles. The van der Waals surface area contributed by atoms with Crippen molar-refractivity contribution in [3.8, 4) is 11.5 Å². The van der Waals surface area contributed by atoms with Gasteiger partial charge in [0.25, 0.3) is 0 Å². The molecule has 2 aromatic carbocycles. The Balaban J connectivity index is 0.000000399. The first-order valence-electron chi connectivity index (χ1n) is 5.11. The van der Waals surface area contributed by atoms with Crippen molar-refractivity contribution >= 4 is 20.4 Å². The average molecular weight is 300 g/mol. The van der Waals surface area contributed by atoms with E-state index in [-0.39, 0.29) is 11.5 Å². The maximum atomic E-state index is 9.56. The number of hydrogen-bond acceptors (Lipinski definition) is 6. The molecule has 0 spiro atoms. The van der Waals surface area contributed by atoms with Crippen LogP contribution >= 0.6 is 20.4 Å². The van der Waals surface area contributed by atoms with Crippen LogP contribution in [0.25, 0.3) is 0 Å². The molecule has 0 amide bonds. The number of para-hydroxylation sites is 2. The van der Waals surface area contributed by atoms with E-state index in [0.29, 0.717) is 0 Å². The summed E-state index contributed by atoms with van der Waals surface area (Å²) in [7, 11) is -2.62. The molecule has 0 saturated heterocycles. The molecule has 0 heterocycles. The second-order valence-electron chi connectivity index (χ2n) is 3.31. The SMILES string of the molecule is OP(O)O.Oc1ccccc1Sc1ccccc1O. The van der Waals surface area contributed by atoms with E-state index in [0.717, 1.165) is 9.79 Å². The van der Waals surface area contributed by atoms with Crippen molar-refractivity contribution < 1.29 is 24.9 Å². The summed E-state index contributed by atoms with van der Waals surface area (Å²) < 4.78 is 0. The normalized spacial score (nSPS) is 9.89. The van der Waals surface area contributed by atoms with Crippen molar-refractivity contribution in [3.63, 3.8) is 0 Å². The predicted molar refractivity (Wildman–Crippen MR) is 73.9 cm³/mol. The monoisotopic (exact) mass is 300 g/mol. The summed E-state index contributed by atoms with van der Waals surface area (Å²) in [5.41, 5.74) is 0. The van der Waals surface area contributed by atoms with E-state index in [1.165, 1.54) is 11.8 Å². The van der Waals surface area contributed by atoms with Crippen LogP contribution in [-0.4, -0.2) is 24.9 Å². The zero-order chi connectivity index (χ0) is 14.3. The lowest BCUT2D eigenvalue weighted by Crippen LogP contribution is -1.75. The molecule has 102 valence electrons. The summed E-state index contributed by atoms with van der Waals surface area (Å²) >= 11 is 1.34. The summed E-state index contributed by atoms with van der Waals surface area (Å²) in [4.78, 5) is 23.2. The Labute approximate surface area is 115 Å². The third kappa shape index (κ3) is 5.92. The second-order valence-corrected chi connectivity index (χ2v) is 4.93. The topological polar surface area (TPSA) is 101 Å². The van der Waals surface area contributed by atoms with Gasteiger partial charge in [-0.1, -0.05) is 36.0 Å². The van der Waals surface area contributed by atoms with Crippen LogP contribution in [0.15, 0.2) is 58.3 Å². The van der Waals surface area contributed by atoms with Gasteiger partial charge in [-0.3, -0.25) is 0 Å². The number of phenols is 2. The number of phenolic OH excluding ortho intramolecular Hbond substituents is 2. The summed E-state index contributed by atoms with van der Waals surface area (Å²) in [5.74, 6) is 0.455. The maximum Gasteiger partial charge on any atom is 0.324 e. The van der Waals surface area contributed by atoms with E-state index >= 15 is 0 Å². The van der Waals surface area contributed by atoms with E-state index in [1.54, 1.807) is 24.3 Å². The second kappa shape index (κ2) is 7.99. The van der Waals surface area contributed by atoms with E-state index in [4.69, 9.17) is 14.7 Å². The largest absolute Gasteiger partial charge is 0.507 e. The molecule has 0 bridgehead atoms. The molecule has 2 rings (SSSR count). The standard InChI is InChI=1S/C12H10O2S.H3O3P/c13-9-5-1-3-7-11(9)15-12-8-4-2-6-10(12)14;1-4(2)3/h1-8,13-14H;1-3H. The van der Waals surface area contributed by atoms with Crippen LogP contribution in [0.4, 0.5) is 0 Å². The maximum absolute atomic E-state index is 9.56. The van der Waals surface area contributed by atoms with Crippen molar-refractivity contribution in [3.05, 3.63) is 48.5 Å². The highest BCUT2D eigenvalue weighted by Crippen LogP contribution is 2.37. The van der Waals surface area contributed by atoms with Crippen LogP contribution in [0.3, 0.4) is 0 Å². The lowest BCUT2D eigenvalue weighted by atomic mass is 10.3. The Bertz CT molecular complexity index is 475. The first-order valence-corrected chi connectivity index (χ1v) is 7.13. The van der Waals surface area contributed by atoms with E-state index in [9.17, 15) is 10.2 Å². The van der Waals surface area contributed by atoms with Crippen molar-refractivity contribution in [2.24, 2.45) is 0 Å². The van der Waals surface area contributed by atoms with Crippen LogP contribution in [0.5, 0.6) is 11.5 Å². The molecule has 0 aromatic heterocycles.